The average molecular weight is 428 g/mol. The molecule has 0 aliphatic carbocycles. The lowest BCUT2D eigenvalue weighted by Gasteiger charge is -2.21. The molecule has 1 N–H and O–H groups in total. The van der Waals surface area contributed by atoms with Gasteiger partial charge in [0.2, 0.25) is 5.88 Å². The van der Waals surface area contributed by atoms with E-state index in [0.717, 1.165) is 33.8 Å². The zero-order chi connectivity index (χ0) is 17.6. The highest BCUT2D eigenvalue weighted by atomic mass is 79.9. The molecule has 0 spiro atoms. The van der Waals surface area contributed by atoms with Crippen molar-refractivity contribution in [1.82, 2.24) is 9.88 Å². The van der Waals surface area contributed by atoms with Crippen LogP contribution in [0.4, 0.5) is 4.79 Å². The SMILES string of the molecule is O=C(O)N1CCC[C@H]1COc1ccc2c3c(c(Br)c(Cl)c2n1)COC3. The maximum Gasteiger partial charge on any atom is 0.407 e. The lowest BCUT2D eigenvalue weighted by molar-refractivity contribution is 0.122. The van der Waals surface area contributed by atoms with Crippen molar-refractivity contribution in [3.05, 3.63) is 32.8 Å². The topological polar surface area (TPSA) is 71.9 Å². The maximum atomic E-state index is 11.2. The van der Waals surface area contributed by atoms with Crippen LogP contribution in [0.25, 0.3) is 10.9 Å². The van der Waals surface area contributed by atoms with Crippen LogP contribution in [0.5, 0.6) is 5.88 Å². The lowest BCUT2D eigenvalue weighted by Crippen LogP contribution is -2.38. The van der Waals surface area contributed by atoms with Gasteiger partial charge in [0.05, 0.1) is 29.8 Å². The number of fused-ring (bicyclic) bond motifs is 3. The molecule has 1 atom stereocenters. The van der Waals surface area contributed by atoms with Crippen LogP contribution in [-0.2, 0) is 18.0 Å². The van der Waals surface area contributed by atoms with E-state index in [2.05, 4.69) is 20.9 Å². The number of rotatable bonds is 3. The second-order valence-corrected chi connectivity index (χ2v) is 7.38. The number of amides is 1. The van der Waals surface area contributed by atoms with Crippen molar-refractivity contribution in [3.63, 3.8) is 0 Å². The van der Waals surface area contributed by atoms with Crippen molar-refractivity contribution in [3.8, 4) is 5.88 Å². The number of carbonyl (C=O) groups is 1. The molecule has 1 amide bonds. The Balaban J connectivity index is 1.61. The molecule has 0 radical (unpaired) electrons. The molecule has 25 heavy (non-hydrogen) atoms. The van der Waals surface area contributed by atoms with Gasteiger partial charge in [-0.3, -0.25) is 0 Å². The Morgan fingerprint density at radius 3 is 3.04 bits per heavy atom. The smallest absolute Gasteiger partial charge is 0.407 e. The minimum absolute atomic E-state index is 0.134. The van der Waals surface area contributed by atoms with Crippen LogP contribution in [0.15, 0.2) is 16.6 Å². The first-order valence-corrected chi connectivity index (χ1v) is 9.23. The Hall–Kier alpha value is -1.57. The molecular formula is C17H16BrClN2O4. The van der Waals surface area contributed by atoms with Crippen LogP contribution in [0.2, 0.25) is 5.02 Å². The van der Waals surface area contributed by atoms with Crippen LogP contribution >= 0.6 is 27.5 Å². The molecule has 1 aromatic heterocycles. The van der Waals surface area contributed by atoms with Crippen LogP contribution in [-0.4, -0.2) is 40.3 Å². The number of likely N-dealkylation sites (tertiary alicyclic amines) is 1. The van der Waals surface area contributed by atoms with Gasteiger partial charge in [-0.05, 0) is 46.0 Å². The standard InChI is InChI=1S/C17H16BrClN2O4/c18-14-12-8-24-7-11(12)10-3-4-13(20-16(10)15(14)19)25-6-9-2-1-5-21(9)17(22)23/h3-4,9H,1-2,5-8H2,(H,22,23)/t9-/m0/s1. The molecule has 3 heterocycles. The number of hydrogen-bond acceptors (Lipinski definition) is 4. The Kier molecular flexibility index (Phi) is 4.47. The van der Waals surface area contributed by atoms with Gasteiger partial charge in [0.15, 0.2) is 0 Å². The summed E-state index contributed by atoms with van der Waals surface area (Å²) in [6.45, 7) is 1.92. The first kappa shape index (κ1) is 16.9. The van der Waals surface area contributed by atoms with E-state index >= 15 is 0 Å². The van der Waals surface area contributed by atoms with Crippen LogP contribution < -0.4 is 4.74 Å². The van der Waals surface area contributed by atoms with Crippen molar-refractivity contribution in [2.75, 3.05) is 13.2 Å². The zero-order valence-corrected chi connectivity index (χ0v) is 15.6. The van der Waals surface area contributed by atoms with E-state index in [1.165, 1.54) is 4.90 Å². The van der Waals surface area contributed by atoms with Crippen LogP contribution in [0.3, 0.4) is 0 Å². The Morgan fingerprint density at radius 1 is 1.44 bits per heavy atom. The largest absolute Gasteiger partial charge is 0.475 e. The second kappa shape index (κ2) is 6.63. The monoisotopic (exact) mass is 426 g/mol. The van der Waals surface area contributed by atoms with Gasteiger partial charge < -0.3 is 19.5 Å². The quantitative estimate of drug-likeness (QED) is 0.795. The fourth-order valence-corrected chi connectivity index (χ4v) is 4.28. The minimum atomic E-state index is -0.903. The highest BCUT2D eigenvalue weighted by Crippen LogP contribution is 2.40. The van der Waals surface area contributed by atoms with Crippen LogP contribution in [0.1, 0.15) is 24.0 Å². The Morgan fingerprint density at radius 2 is 2.24 bits per heavy atom. The lowest BCUT2D eigenvalue weighted by atomic mass is 10.0. The number of nitrogens with zero attached hydrogens (tertiary/aromatic N) is 2. The number of pyridine rings is 1. The van der Waals surface area contributed by atoms with E-state index in [0.29, 0.717) is 36.2 Å². The minimum Gasteiger partial charge on any atom is -0.475 e. The van der Waals surface area contributed by atoms with E-state index in [9.17, 15) is 9.90 Å². The van der Waals surface area contributed by atoms with E-state index in [4.69, 9.17) is 21.1 Å². The first-order valence-electron chi connectivity index (χ1n) is 8.06. The Bertz CT molecular complexity index is 860. The van der Waals surface area contributed by atoms with Gasteiger partial charge in [-0.2, -0.15) is 0 Å². The zero-order valence-electron chi connectivity index (χ0n) is 13.3. The molecule has 2 aliphatic heterocycles. The molecule has 1 fully saturated rings. The third-order valence-electron chi connectivity index (χ3n) is 4.76. The molecule has 0 unspecified atom stereocenters. The number of hydrogen-bond donors (Lipinski definition) is 1. The van der Waals surface area contributed by atoms with Gasteiger partial charge in [0.25, 0.3) is 0 Å². The molecule has 4 rings (SSSR count). The van der Waals surface area contributed by atoms with Gasteiger partial charge in [-0.1, -0.05) is 11.6 Å². The summed E-state index contributed by atoms with van der Waals surface area (Å²) in [5.41, 5.74) is 2.82. The summed E-state index contributed by atoms with van der Waals surface area (Å²) in [4.78, 5) is 17.2. The third kappa shape index (κ3) is 2.94. The van der Waals surface area contributed by atoms with E-state index in [1.54, 1.807) is 6.07 Å². The molecule has 1 saturated heterocycles. The van der Waals surface area contributed by atoms with Crippen molar-refractivity contribution >= 4 is 44.5 Å². The van der Waals surface area contributed by atoms with Crippen LogP contribution in [0, 0.1) is 0 Å². The summed E-state index contributed by atoms with van der Waals surface area (Å²) in [6.07, 6.45) is 0.757. The maximum absolute atomic E-state index is 11.2. The van der Waals surface area contributed by atoms with E-state index in [-0.39, 0.29) is 12.6 Å². The number of benzene rings is 1. The van der Waals surface area contributed by atoms with Gasteiger partial charge in [0.1, 0.15) is 6.61 Å². The summed E-state index contributed by atoms with van der Waals surface area (Å²) >= 11 is 10.00. The normalized spacial score (nSPS) is 19.4. The highest BCUT2D eigenvalue weighted by Gasteiger charge is 2.29. The van der Waals surface area contributed by atoms with Gasteiger partial charge >= 0.3 is 6.09 Å². The van der Waals surface area contributed by atoms with Crippen molar-refractivity contribution < 1.29 is 19.4 Å². The van der Waals surface area contributed by atoms with Gasteiger partial charge in [0, 0.05) is 22.5 Å². The van der Waals surface area contributed by atoms with E-state index in [1.807, 2.05) is 6.07 Å². The summed E-state index contributed by atoms with van der Waals surface area (Å²) in [6, 6.07) is 3.60. The number of carboxylic acid groups (broad SMARTS) is 1. The highest BCUT2D eigenvalue weighted by molar-refractivity contribution is 9.10. The second-order valence-electron chi connectivity index (χ2n) is 6.21. The average Bonchev–Trinajstić information content (AvgIpc) is 3.27. The summed E-state index contributed by atoms with van der Waals surface area (Å²) in [5, 5.41) is 10.7. The fraction of sp³-hybridized carbons (Fsp3) is 0.412. The molecule has 6 nitrogen and oxygen atoms in total. The molecular weight excluding hydrogens is 412 g/mol. The predicted molar refractivity (Wildman–Crippen MR) is 96.2 cm³/mol. The number of aromatic nitrogens is 1. The fourth-order valence-electron chi connectivity index (χ4n) is 3.48. The summed E-state index contributed by atoms with van der Waals surface area (Å²) in [7, 11) is 0. The number of ether oxygens (including phenoxy) is 2. The predicted octanol–water partition coefficient (Wildman–Crippen LogP) is 4.20. The molecule has 2 aromatic rings. The summed E-state index contributed by atoms with van der Waals surface area (Å²) in [5.74, 6) is 0.442. The van der Waals surface area contributed by atoms with Crippen molar-refractivity contribution in [1.29, 1.82) is 0 Å². The van der Waals surface area contributed by atoms with Crippen molar-refractivity contribution in [2.24, 2.45) is 0 Å². The Labute approximate surface area is 157 Å². The molecule has 132 valence electrons. The van der Waals surface area contributed by atoms with E-state index < -0.39 is 6.09 Å². The number of halogens is 2. The molecule has 8 heteroatoms. The van der Waals surface area contributed by atoms with Gasteiger partial charge in [-0.25, -0.2) is 9.78 Å². The molecule has 1 aromatic carbocycles. The van der Waals surface area contributed by atoms with Gasteiger partial charge in [-0.15, -0.1) is 0 Å². The molecule has 0 saturated carbocycles. The van der Waals surface area contributed by atoms with Crippen molar-refractivity contribution in [2.45, 2.75) is 32.1 Å². The first-order chi connectivity index (χ1) is 12.1. The third-order valence-corrected chi connectivity index (χ3v) is 6.24. The molecule has 0 bridgehead atoms. The summed E-state index contributed by atoms with van der Waals surface area (Å²) < 4.78 is 12.1. The molecule has 2 aliphatic rings.